The lowest BCUT2D eigenvalue weighted by Gasteiger charge is -2.24. The topological polar surface area (TPSA) is 25.4 Å². The van der Waals surface area contributed by atoms with Crippen LogP contribution in [0, 0.1) is 0 Å². The Labute approximate surface area is 122 Å². The fourth-order valence-electron chi connectivity index (χ4n) is 1.91. The number of pyridine rings is 1. The van der Waals surface area contributed by atoms with Crippen LogP contribution in [0.5, 0.6) is 5.88 Å². The number of halogens is 1. The van der Waals surface area contributed by atoms with Crippen molar-refractivity contribution in [2.45, 2.75) is 6.54 Å². The summed E-state index contributed by atoms with van der Waals surface area (Å²) in [6, 6.07) is 14.4. The van der Waals surface area contributed by atoms with E-state index in [-0.39, 0.29) is 0 Å². The molecule has 0 aliphatic heterocycles. The Kier molecular flexibility index (Phi) is 5.21. The highest BCUT2D eigenvalue weighted by Crippen LogP contribution is 2.20. The molecule has 1 heterocycles. The van der Waals surface area contributed by atoms with Crippen molar-refractivity contribution in [3.05, 3.63) is 54.2 Å². The van der Waals surface area contributed by atoms with Crippen molar-refractivity contribution in [2.75, 3.05) is 23.9 Å². The molecule has 0 N–H and O–H groups in total. The molecule has 0 fully saturated rings. The monoisotopic (exact) mass is 320 g/mol. The van der Waals surface area contributed by atoms with Gasteiger partial charge in [0, 0.05) is 36.4 Å². The molecule has 0 saturated heterocycles. The predicted molar refractivity (Wildman–Crippen MR) is 82.1 cm³/mol. The van der Waals surface area contributed by atoms with Crippen LogP contribution in [0.1, 0.15) is 5.56 Å². The van der Waals surface area contributed by atoms with E-state index in [1.807, 2.05) is 18.2 Å². The van der Waals surface area contributed by atoms with E-state index in [9.17, 15) is 0 Å². The number of rotatable bonds is 6. The van der Waals surface area contributed by atoms with E-state index < -0.39 is 0 Å². The molecule has 4 heteroatoms. The number of alkyl halides is 1. The minimum absolute atomic E-state index is 0.644. The third kappa shape index (κ3) is 3.96. The van der Waals surface area contributed by atoms with Crippen LogP contribution in [-0.4, -0.2) is 24.0 Å². The van der Waals surface area contributed by atoms with E-state index in [2.05, 4.69) is 50.1 Å². The highest BCUT2D eigenvalue weighted by Gasteiger charge is 2.08. The molecule has 0 atom stereocenters. The third-order valence-corrected chi connectivity index (χ3v) is 3.22. The first kappa shape index (κ1) is 13.9. The first-order chi connectivity index (χ1) is 9.33. The van der Waals surface area contributed by atoms with E-state index in [1.54, 1.807) is 13.3 Å². The van der Waals surface area contributed by atoms with Gasteiger partial charge in [-0.05, 0) is 11.6 Å². The Balaban J connectivity index is 2.19. The van der Waals surface area contributed by atoms with Gasteiger partial charge in [0.1, 0.15) is 0 Å². The van der Waals surface area contributed by atoms with Gasteiger partial charge in [0.25, 0.3) is 0 Å². The molecular weight excluding hydrogens is 304 g/mol. The van der Waals surface area contributed by atoms with Crippen molar-refractivity contribution in [1.29, 1.82) is 0 Å². The van der Waals surface area contributed by atoms with Gasteiger partial charge in [0.2, 0.25) is 5.88 Å². The average molecular weight is 321 g/mol. The molecule has 0 unspecified atom stereocenters. The lowest BCUT2D eigenvalue weighted by atomic mass is 10.2. The number of benzene rings is 1. The molecule has 0 spiro atoms. The van der Waals surface area contributed by atoms with Crippen LogP contribution >= 0.6 is 15.9 Å². The molecule has 1 aromatic carbocycles. The SMILES string of the molecule is COc1cc(N(CCBr)Cc2ccccc2)ccn1. The molecule has 1 aromatic heterocycles. The van der Waals surface area contributed by atoms with Crippen LogP contribution in [0.2, 0.25) is 0 Å². The Bertz CT molecular complexity index is 505. The standard InChI is InChI=1S/C15H17BrN2O/c1-19-15-11-14(7-9-17-15)18(10-8-16)12-13-5-3-2-4-6-13/h2-7,9,11H,8,10,12H2,1H3. The minimum atomic E-state index is 0.644. The van der Waals surface area contributed by atoms with Crippen molar-refractivity contribution < 1.29 is 4.74 Å². The molecule has 2 rings (SSSR count). The smallest absolute Gasteiger partial charge is 0.214 e. The number of methoxy groups -OCH3 is 1. The highest BCUT2D eigenvalue weighted by atomic mass is 79.9. The molecule has 100 valence electrons. The van der Waals surface area contributed by atoms with Gasteiger partial charge < -0.3 is 9.64 Å². The summed E-state index contributed by atoms with van der Waals surface area (Å²) in [5, 5.41) is 0.921. The Morgan fingerprint density at radius 3 is 2.68 bits per heavy atom. The minimum Gasteiger partial charge on any atom is -0.481 e. The van der Waals surface area contributed by atoms with Crippen LogP contribution in [0.15, 0.2) is 48.7 Å². The summed E-state index contributed by atoms with van der Waals surface area (Å²) < 4.78 is 5.18. The maximum Gasteiger partial charge on any atom is 0.214 e. The molecule has 0 aliphatic rings. The molecule has 0 amide bonds. The summed E-state index contributed by atoms with van der Waals surface area (Å²) in [6.45, 7) is 1.81. The van der Waals surface area contributed by atoms with Gasteiger partial charge in [-0.2, -0.15) is 0 Å². The maximum absolute atomic E-state index is 5.18. The van der Waals surface area contributed by atoms with E-state index in [4.69, 9.17) is 4.74 Å². The largest absolute Gasteiger partial charge is 0.481 e. The van der Waals surface area contributed by atoms with Gasteiger partial charge in [0.15, 0.2) is 0 Å². The fraction of sp³-hybridized carbons (Fsp3) is 0.267. The maximum atomic E-state index is 5.18. The van der Waals surface area contributed by atoms with Gasteiger partial charge in [-0.25, -0.2) is 4.98 Å². The van der Waals surface area contributed by atoms with E-state index in [0.717, 1.165) is 24.1 Å². The number of hydrogen-bond donors (Lipinski definition) is 0. The van der Waals surface area contributed by atoms with Gasteiger partial charge in [0.05, 0.1) is 7.11 Å². The molecule has 0 saturated carbocycles. The summed E-state index contributed by atoms with van der Waals surface area (Å²) >= 11 is 3.51. The molecular formula is C15H17BrN2O. The summed E-state index contributed by atoms with van der Waals surface area (Å²) in [5.41, 5.74) is 2.41. The number of ether oxygens (including phenoxy) is 1. The van der Waals surface area contributed by atoms with Gasteiger partial charge >= 0.3 is 0 Å². The van der Waals surface area contributed by atoms with E-state index in [0.29, 0.717) is 5.88 Å². The zero-order chi connectivity index (χ0) is 13.5. The van der Waals surface area contributed by atoms with Crippen LogP contribution in [0.25, 0.3) is 0 Å². The Morgan fingerprint density at radius 1 is 1.21 bits per heavy atom. The van der Waals surface area contributed by atoms with Gasteiger partial charge in [-0.3, -0.25) is 0 Å². The van der Waals surface area contributed by atoms with Crippen molar-refractivity contribution in [3.8, 4) is 5.88 Å². The number of anilines is 1. The summed E-state index contributed by atoms with van der Waals surface area (Å²) in [5.74, 6) is 0.644. The van der Waals surface area contributed by atoms with Crippen molar-refractivity contribution in [3.63, 3.8) is 0 Å². The second-order valence-electron chi connectivity index (χ2n) is 4.15. The quantitative estimate of drug-likeness (QED) is 0.762. The summed E-state index contributed by atoms with van der Waals surface area (Å²) in [4.78, 5) is 6.45. The third-order valence-electron chi connectivity index (χ3n) is 2.86. The number of aromatic nitrogens is 1. The Hall–Kier alpha value is -1.55. The first-order valence-corrected chi connectivity index (χ1v) is 7.30. The number of hydrogen-bond acceptors (Lipinski definition) is 3. The lowest BCUT2D eigenvalue weighted by Crippen LogP contribution is -2.24. The van der Waals surface area contributed by atoms with E-state index >= 15 is 0 Å². The van der Waals surface area contributed by atoms with Gasteiger partial charge in [-0.15, -0.1) is 0 Å². The Morgan fingerprint density at radius 2 is 2.00 bits per heavy atom. The zero-order valence-electron chi connectivity index (χ0n) is 10.9. The molecule has 0 bridgehead atoms. The highest BCUT2D eigenvalue weighted by molar-refractivity contribution is 9.09. The van der Waals surface area contributed by atoms with Crippen molar-refractivity contribution >= 4 is 21.6 Å². The molecule has 3 nitrogen and oxygen atoms in total. The fourth-order valence-corrected chi connectivity index (χ4v) is 2.34. The lowest BCUT2D eigenvalue weighted by molar-refractivity contribution is 0.398. The normalized spacial score (nSPS) is 10.2. The summed E-state index contributed by atoms with van der Waals surface area (Å²) in [6.07, 6.45) is 1.78. The van der Waals surface area contributed by atoms with Crippen LogP contribution < -0.4 is 9.64 Å². The molecule has 19 heavy (non-hydrogen) atoms. The molecule has 0 aliphatic carbocycles. The number of nitrogens with zero attached hydrogens (tertiary/aromatic N) is 2. The molecule has 2 aromatic rings. The first-order valence-electron chi connectivity index (χ1n) is 6.18. The summed E-state index contributed by atoms with van der Waals surface area (Å²) in [7, 11) is 1.64. The van der Waals surface area contributed by atoms with Gasteiger partial charge in [-0.1, -0.05) is 46.3 Å². The van der Waals surface area contributed by atoms with Crippen molar-refractivity contribution in [2.24, 2.45) is 0 Å². The molecule has 0 radical (unpaired) electrons. The zero-order valence-corrected chi connectivity index (χ0v) is 12.5. The van der Waals surface area contributed by atoms with E-state index in [1.165, 1.54) is 5.56 Å². The van der Waals surface area contributed by atoms with Crippen LogP contribution in [0.3, 0.4) is 0 Å². The predicted octanol–water partition coefficient (Wildman–Crippen LogP) is 3.49. The average Bonchev–Trinajstić information content (AvgIpc) is 2.48. The second kappa shape index (κ2) is 7.14. The second-order valence-corrected chi connectivity index (χ2v) is 4.95. The van der Waals surface area contributed by atoms with Crippen molar-refractivity contribution in [1.82, 2.24) is 4.98 Å². The van der Waals surface area contributed by atoms with Crippen LogP contribution in [0.4, 0.5) is 5.69 Å². The van der Waals surface area contributed by atoms with Crippen LogP contribution in [-0.2, 0) is 6.54 Å².